The van der Waals surface area contributed by atoms with Gasteiger partial charge in [-0.15, -0.1) is 0 Å². The molecular weight excluding hydrogens is 188 g/mol. The van der Waals surface area contributed by atoms with E-state index in [0.717, 1.165) is 0 Å². The van der Waals surface area contributed by atoms with Crippen molar-refractivity contribution in [3.05, 3.63) is 24.0 Å². The molecule has 0 fully saturated rings. The Morgan fingerprint density at radius 2 is 2.43 bits per heavy atom. The predicted molar refractivity (Wildman–Crippen MR) is 46.0 cm³/mol. The summed E-state index contributed by atoms with van der Waals surface area (Å²) >= 11 is 0. The van der Waals surface area contributed by atoms with Gasteiger partial charge in [0.2, 0.25) is 0 Å². The lowest BCUT2D eigenvalue weighted by molar-refractivity contribution is -0.143. The van der Waals surface area contributed by atoms with Gasteiger partial charge in [-0.3, -0.25) is 4.79 Å². The number of esters is 2. The van der Waals surface area contributed by atoms with Crippen molar-refractivity contribution in [1.82, 2.24) is 0 Å². The van der Waals surface area contributed by atoms with Crippen molar-refractivity contribution in [2.45, 2.75) is 13.0 Å². The highest BCUT2D eigenvalue weighted by Gasteiger charge is 2.11. The molecule has 1 aliphatic rings. The molecule has 1 atom stereocenters. The third kappa shape index (κ3) is 3.40. The molecule has 0 spiro atoms. The van der Waals surface area contributed by atoms with Crippen molar-refractivity contribution in [2.75, 3.05) is 6.61 Å². The van der Waals surface area contributed by atoms with Crippen molar-refractivity contribution in [3.8, 4) is 0 Å². The van der Waals surface area contributed by atoms with Crippen LogP contribution in [0.1, 0.15) is 6.92 Å². The number of aliphatic hydroxyl groups is 1. The third-order valence-electron chi connectivity index (χ3n) is 1.42. The van der Waals surface area contributed by atoms with Crippen molar-refractivity contribution in [1.29, 1.82) is 0 Å². The largest absolute Gasteiger partial charge is 0.463 e. The van der Waals surface area contributed by atoms with E-state index in [1.54, 1.807) is 0 Å². The molecule has 0 saturated heterocycles. The Labute approximate surface area is 80.6 Å². The number of hydrogen-bond donors (Lipinski definition) is 1. The van der Waals surface area contributed by atoms with Gasteiger partial charge in [0.25, 0.3) is 0 Å². The molecule has 5 heteroatoms. The molecule has 0 saturated carbocycles. The zero-order valence-electron chi connectivity index (χ0n) is 7.60. The molecule has 1 aliphatic heterocycles. The van der Waals surface area contributed by atoms with Gasteiger partial charge in [0, 0.05) is 13.0 Å². The lowest BCUT2D eigenvalue weighted by Gasteiger charge is -2.05. The molecule has 0 aliphatic carbocycles. The Kier molecular flexibility index (Phi) is 3.41. The number of rotatable bonds is 3. The maximum Gasteiger partial charge on any atom is 0.336 e. The van der Waals surface area contributed by atoms with Gasteiger partial charge in [-0.25, -0.2) is 4.79 Å². The first kappa shape index (κ1) is 10.5. The molecule has 0 radical (unpaired) electrons. The van der Waals surface area contributed by atoms with Crippen molar-refractivity contribution in [3.63, 3.8) is 0 Å². The Balaban J connectivity index is 2.39. The fourth-order valence-corrected chi connectivity index (χ4v) is 0.864. The summed E-state index contributed by atoms with van der Waals surface area (Å²) in [4.78, 5) is 21.0. The van der Waals surface area contributed by atoms with Crippen LogP contribution in [-0.4, -0.2) is 29.8 Å². The van der Waals surface area contributed by atoms with E-state index < -0.39 is 18.0 Å². The number of carbonyl (C=O) groups excluding carboxylic acids is 2. The Morgan fingerprint density at radius 3 is 2.93 bits per heavy atom. The predicted octanol–water partition coefficient (Wildman–Crippen LogP) is -0.0927. The van der Waals surface area contributed by atoms with E-state index in [-0.39, 0.29) is 12.4 Å². The first-order valence-corrected chi connectivity index (χ1v) is 4.01. The van der Waals surface area contributed by atoms with E-state index in [9.17, 15) is 14.7 Å². The Hall–Kier alpha value is -1.62. The number of allylic oxidation sites excluding steroid dienone is 1. The second-order valence-electron chi connectivity index (χ2n) is 2.69. The van der Waals surface area contributed by atoms with Crippen LogP contribution in [0.4, 0.5) is 0 Å². The average molecular weight is 198 g/mol. The zero-order chi connectivity index (χ0) is 10.6. The number of ether oxygens (including phenoxy) is 2. The lowest BCUT2D eigenvalue weighted by Crippen LogP contribution is -2.15. The molecule has 0 unspecified atom stereocenters. The summed E-state index contributed by atoms with van der Waals surface area (Å²) in [6.45, 7) is 1.10. The molecule has 76 valence electrons. The van der Waals surface area contributed by atoms with Crippen LogP contribution in [0.2, 0.25) is 0 Å². The summed E-state index contributed by atoms with van der Waals surface area (Å²) in [6.07, 6.45) is 3.00. The van der Waals surface area contributed by atoms with E-state index in [1.165, 1.54) is 25.2 Å². The lowest BCUT2D eigenvalue weighted by atomic mass is 10.3. The van der Waals surface area contributed by atoms with Gasteiger partial charge < -0.3 is 14.6 Å². The standard InChI is InChI=1S/C9H10O5/c1-6(10)13-5-7(11)4-8-2-3-9(12)14-8/h2-4,7,11H,5H2,1H3/b8-4-/t7-/m0/s1. The molecule has 14 heavy (non-hydrogen) atoms. The minimum atomic E-state index is -0.968. The van der Waals surface area contributed by atoms with E-state index in [2.05, 4.69) is 9.47 Å². The number of carbonyl (C=O) groups is 2. The number of aliphatic hydroxyl groups excluding tert-OH is 1. The highest BCUT2D eigenvalue weighted by molar-refractivity contribution is 5.86. The van der Waals surface area contributed by atoms with Crippen molar-refractivity contribution < 1.29 is 24.2 Å². The fourth-order valence-electron chi connectivity index (χ4n) is 0.864. The molecule has 0 amide bonds. The Morgan fingerprint density at radius 1 is 1.71 bits per heavy atom. The first-order chi connectivity index (χ1) is 6.58. The fraction of sp³-hybridized carbons (Fsp3) is 0.333. The smallest absolute Gasteiger partial charge is 0.336 e. The zero-order valence-corrected chi connectivity index (χ0v) is 7.60. The highest BCUT2D eigenvalue weighted by Crippen LogP contribution is 2.09. The second kappa shape index (κ2) is 4.57. The van der Waals surface area contributed by atoms with Gasteiger partial charge in [0.15, 0.2) is 0 Å². The highest BCUT2D eigenvalue weighted by atomic mass is 16.5. The molecule has 0 bridgehead atoms. The summed E-state index contributed by atoms with van der Waals surface area (Å²) in [5, 5.41) is 9.27. The number of hydrogen-bond acceptors (Lipinski definition) is 5. The second-order valence-corrected chi connectivity index (χ2v) is 2.69. The molecular formula is C9H10O5. The number of cyclic esters (lactones) is 1. The summed E-state index contributed by atoms with van der Waals surface area (Å²) in [5.41, 5.74) is 0. The van der Waals surface area contributed by atoms with Crippen LogP contribution >= 0.6 is 0 Å². The normalized spacial score (nSPS) is 19.6. The summed E-state index contributed by atoms with van der Waals surface area (Å²) < 4.78 is 9.19. The third-order valence-corrected chi connectivity index (χ3v) is 1.42. The summed E-state index contributed by atoms with van der Waals surface area (Å²) in [7, 11) is 0. The minimum Gasteiger partial charge on any atom is -0.463 e. The molecule has 1 heterocycles. The van der Waals surface area contributed by atoms with Gasteiger partial charge in [-0.2, -0.15) is 0 Å². The van der Waals surface area contributed by atoms with Crippen molar-refractivity contribution in [2.24, 2.45) is 0 Å². The summed E-state index contributed by atoms with van der Waals surface area (Å²) in [6, 6.07) is 0. The van der Waals surface area contributed by atoms with Crippen LogP contribution in [0.3, 0.4) is 0 Å². The van der Waals surface area contributed by atoms with Crippen LogP contribution in [0.5, 0.6) is 0 Å². The van der Waals surface area contributed by atoms with Crippen LogP contribution in [0.15, 0.2) is 24.0 Å². The first-order valence-electron chi connectivity index (χ1n) is 4.01. The maximum atomic E-state index is 10.6. The van der Waals surface area contributed by atoms with Gasteiger partial charge in [0.1, 0.15) is 18.5 Å². The molecule has 0 aromatic heterocycles. The van der Waals surface area contributed by atoms with E-state index in [1.807, 2.05) is 0 Å². The van der Waals surface area contributed by atoms with Crippen LogP contribution in [-0.2, 0) is 19.1 Å². The van der Waals surface area contributed by atoms with Crippen LogP contribution < -0.4 is 0 Å². The van der Waals surface area contributed by atoms with Gasteiger partial charge in [-0.05, 0) is 12.2 Å². The molecule has 5 nitrogen and oxygen atoms in total. The van der Waals surface area contributed by atoms with Crippen LogP contribution in [0.25, 0.3) is 0 Å². The van der Waals surface area contributed by atoms with E-state index in [0.29, 0.717) is 0 Å². The SMILES string of the molecule is CC(=O)OC[C@@H](O)/C=C1/C=CC(=O)O1. The summed E-state index contributed by atoms with van der Waals surface area (Å²) in [5.74, 6) is -0.688. The van der Waals surface area contributed by atoms with Crippen LogP contribution in [0, 0.1) is 0 Å². The van der Waals surface area contributed by atoms with Gasteiger partial charge in [-0.1, -0.05) is 0 Å². The minimum absolute atomic E-state index is 0.149. The van der Waals surface area contributed by atoms with E-state index in [4.69, 9.17) is 0 Å². The quantitative estimate of drug-likeness (QED) is 0.641. The topological polar surface area (TPSA) is 72.8 Å². The monoisotopic (exact) mass is 198 g/mol. The van der Waals surface area contributed by atoms with Gasteiger partial charge in [0.05, 0.1) is 0 Å². The molecule has 1 rings (SSSR count). The molecule has 0 aromatic rings. The van der Waals surface area contributed by atoms with Crippen molar-refractivity contribution >= 4 is 11.9 Å². The average Bonchev–Trinajstić information content (AvgIpc) is 2.48. The van der Waals surface area contributed by atoms with E-state index >= 15 is 0 Å². The molecule has 1 N–H and O–H groups in total. The molecule has 0 aromatic carbocycles. The Bertz CT molecular complexity index is 302. The maximum absolute atomic E-state index is 10.6. The van der Waals surface area contributed by atoms with Gasteiger partial charge >= 0.3 is 11.9 Å².